The Morgan fingerprint density at radius 3 is 2.33 bits per heavy atom. The van der Waals surface area contributed by atoms with Gasteiger partial charge < -0.3 is 20.4 Å². The van der Waals surface area contributed by atoms with Crippen LogP contribution in [-0.2, 0) is 11.3 Å². The monoisotopic (exact) mass is 412 g/mol. The van der Waals surface area contributed by atoms with Gasteiger partial charge in [-0.2, -0.15) is 0 Å². The Balaban J connectivity index is 1.52. The number of benzene rings is 2. The minimum absolute atomic E-state index is 0.0768. The molecule has 1 heterocycles. The smallest absolute Gasteiger partial charge is 0.318 e. The fraction of sp³-hybridized carbons (Fsp3) is 0.391. The van der Waals surface area contributed by atoms with Crippen LogP contribution in [0.4, 0.5) is 14.9 Å². The third kappa shape index (κ3) is 5.72. The second-order valence-electron chi connectivity index (χ2n) is 7.83. The molecule has 1 fully saturated rings. The molecule has 0 bridgehead atoms. The number of para-hydroxylation sites is 1. The molecule has 1 unspecified atom stereocenters. The van der Waals surface area contributed by atoms with Crippen molar-refractivity contribution in [3.05, 3.63) is 66.0 Å². The number of carbonyl (C=O) groups excluding carboxylic acids is 2. The standard InChI is InChI=1S/C23H29FN4O2/c1-17(2)21(22(29)25-16-18-7-6-8-19(24)15-18)26-23(30)28-13-11-27(12-14-28)20-9-4-3-5-10-20/h3-10,15,17,21H,11-14,16H2,1-2H3,(H,25,29)(H,26,30). The molecular weight excluding hydrogens is 383 g/mol. The maximum atomic E-state index is 13.3. The fourth-order valence-corrected chi connectivity index (χ4v) is 3.51. The number of carbonyl (C=O) groups is 2. The van der Waals surface area contributed by atoms with Crippen LogP contribution in [-0.4, -0.2) is 49.1 Å². The molecule has 160 valence electrons. The molecule has 0 radical (unpaired) electrons. The fourth-order valence-electron chi connectivity index (χ4n) is 3.51. The van der Waals surface area contributed by atoms with Gasteiger partial charge in [-0.05, 0) is 35.7 Å². The number of nitrogens with zero attached hydrogens (tertiary/aromatic N) is 2. The molecule has 0 aromatic heterocycles. The van der Waals surface area contributed by atoms with Crippen molar-refractivity contribution in [1.29, 1.82) is 0 Å². The van der Waals surface area contributed by atoms with Gasteiger partial charge in [0.25, 0.3) is 0 Å². The van der Waals surface area contributed by atoms with Crippen molar-refractivity contribution >= 4 is 17.6 Å². The molecule has 1 saturated heterocycles. The van der Waals surface area contributed by atoms with Crippen molar-refractivity contribution in [2.75, 3.05) is 31.1 Å². The highest BCUT2D eigenvalue weighted by Crippen LogP contribution is 2.16. The Bertz CT molecular complexity index is 851. The van der Waals surface area contributed by atoms with E-state index in [1.54, 1.807) is 17.0 Å². The van der Waals surface area contributed by atoms with Gasteiger partial charge in [-0.25, -0.2) is 9.18 Å². The first-order valence-electron chi connectivity index (χ1n) is 10.3. The largest absolute Gasteiger partial charge is 0.368 e. The van der Waals surface area contributed by atoms with Crippen LogP contribution < -0.4 is 15.5 Å². The summed E-state index contributed by atoms with van der Waals surface area (Å²) in [5, 5.41) is 5.67. The van der Waals surface area contributed by atoms with Gasteiger partial charge >= 0.3 is 6.03 Å². The van der Waals surface area contributed by atoms with Crippen molar-refractivity contribution in [2.24, 2.45) is 5.92 Å². The lowest BCUT2D eigenvalue weighted by Gasteiger charge is -2.37. The summed E-state index contributed by atoms with van der Waals surface area (Å²) in [6.45, 7) is 6.67. The third-order valence-electron chi connectivity index (χ3n) is 5.27. The molecule has 3 amide bonds. The number of anilines is 1. The highest BCUT2D eigenvalue weighted by molar-refractivity contribution is 5.87. The zero-order valence-electron chi connectivity index (χ0n) is 17.5. The van der Waals surface area contributed by atoms with E-state index in [9.17, 15) is 14.0 Å². The lowest BCUT2D eigenvalue weighted by molar-refractivity contribution is -0.124. The maximum Gasteiger partial charge on any atom is 0.318 e. The summed E-state index contributed by atoms with van der Waals surface area (Å²) in [5.41, 5.74) is 1.82. The Morgan fingerprint density at radius 2 is 1.70 bits per heavy atom. The van der Waals surface area contributed by atoms with Crippen LogP contribution in [0.1, 0.15) is 19.4 Å². The van der Waals surface area contributed by atoms with Gasteiger partial charge in [-0.3, -0.25) is 4.79 Å². The van der Waals surface area contributed by atoms with E-state index in [2.05, 4.69) is 27.7 Å². The van der Waals surface area contributed by atoms with Crippen molar-refractivity contribution in [3.63, 3.8) is 0 Å². The average molecular weight is 413 g/mol. The molecule has 1 aliphatic heterocycles. The zero-order valence-corrected chi connectivity index (χ0v) is 17.5. The second kappa shape index (κ2) is 10.1. The van der Waals surface area contributed by atoms with E-state index >= 15 is 0 Å². The number of urea groups is 1. The Morgan fingerprint density at radius 1 is 1.00 bits per heavy atom. The number of rotatable bonds is 6. The molecular formula is C23H29FN4O2. The minimum atomic E-state index is -0.654. The van der Waals surface area contributed by atoms with E-state index in [4.69, 9.17) is 0 Å². The van der Waals surface area contributed by atoms with Crippen molar-refractivity contribution in [3.8, 4) is 0 Å². The van der Waals surface area contributed by atoms with E-state index in [1.165, 1.54) is 12.1 Å². The summed E-state index contributed by atoms with van der Waals surface area (Å²) < 4.78 is 13.3. The van der Waals surface area contributed by atoms with Crippen LogP contribution in [0.15, 0.2) is 54.6 Å². The highest BCUT2D eigenvalue weighted by atomic mass is 19.1. The molecule has 7 heteroatoms. The predicted molar refractivity (Wildman–Crippen MR) is 116 cm³/mol. The number of hydrogen-bond acceptors (Lipinski definition) is 3. The number of nitrogens with one attached hydrogen (secondary N) is 2. The molecule has 0 aliphatic carbocycles. The van der Waals surface area contributed by atoms with E-state index in [0.29, 0.717) is 18.7 Å². The molecule has 0 saturated carbocycles. The van der Waals surface area contributed by atoms with Gasteiger partial charge in [0.05, 0.1) is 0 Å². The molecule has 1 atom stereocenters. The lowest BCUT2D eigenvalue weighted by atomic mass is 10.0. The topological polar surface area (TPSA) is 64.7 Å². The second-order valence-corrected chi connectivity index (χ2v) is 7.83. The Labute approximate surface area is 177 Å². The van der Waals surface area contributed by atoms with Crippen LogP contribution in [0, 0.1) is 11.7 Å². The van der Waals surface area contributed by atoms with E-state index in [0.717, 1.165) is 18.8 Å². The van der Waals surface area contributed by atoms with Gasteiger partial charge in [0.2, 0.25) is 5.91 Å². The number of piperazine rings is 1. The molecule has 3 rings (SSSR count). The van der Waals surface area contributed by atoms with Crippen LogP contribution in [0.25, 0.3) is 0 Å². The van der Waals surface area contributed by atoms with Crippen LogP contribution in [0.2, 0.25) is 0 Å². The Kier molecular flexibility index (Phi) is 7.27. The zero-order chi connectivity index (χ0) is 21.5. The minimum Gasteiger partial charge on any atom is -0.368 e. The van der Waals surface area contributed by atoms with E-state index in [1.807, 2.05) is 32.0 Å². The van der Waals surface area contributed by atoms with E-state index < -0.39 is 6.04 Å². The van der Waals surface area contributed by atoms with Crippen LogP contribution in [0.5, 0.6) is 0 Å². The lowest BCUT2D eigenvalue weighted by Crippen LogP contribution is -2.57. The van der Waals surface area contributed by atoms with Gasteiger partial charge in [-0.15, -0.1) is 0 Å². The highest BCUT2D eigenvalue weighted by Gasteiger charge is 2.28. The third-order valence-corrected chi connectivity index (χ3v) is 5.27. The van der Waals surface area contributed by atoms with Crippen molar-refractivity contribution in [2.45, 2.75) is 26.4 Å². The molecule has 0 spiro atoms. The van der Waals surface area contributed by atoms with Crippen LogP contribution >= 0.6 is 0 Å². The number of amides is 3. The molecule has 2 aromatic rings. The summed E-state index contributed by atoms with van der Waals surface area (Å²) >= 11 is 0. The summed E-state index contributed by atoms with van der Waals surface area (Å²) in [5.74, 6) is -0.692. The molecule has 30 heavy (non-hydrogen) atoms. The van der Waals surface area contributed by atoms with Gasteiger partial charge in [0, 0.05) is 38.4 Å². The molecule has 2 aromatic carbocycles. The first kappa shape index (κ1) is 21.6. The molecule has 1 aliphatic rings. The average Bonchev–Trinajstić information content (AvgIpc) is 2.76. The molecule has 2 N–H and O–H groups in total. The maximum absolute atomic E-state index is 13.3. The molecule has 6 nitrogen and oxygen atoms in total. The number of hydrogen-bond donors (Lipinski definition) is 2. The normalized spacial score (nSPS) is 15.1. The quantitative estimate of drug-likeness (QED) is 0.767. The SMILES string of the molecule is CC(C)C(NC(=O)N1CCN(c2ccccc2)CC1)C(=O)NCc1cccc(F)c1. The van der Waals surface area contributed by atoms with Gasteiger partial charge in [0.1, 0.15) is 11.9 Å². The predicted octanol–water partition coefficient (Wildman–Crippen LogP) is 3.00. The number of halogens is 1. The van der Waals surface area contributed by atoms with Crippen molar-refractivity contribution < 1.29 is 14.0 Å². The summed E-state index contributed by atoms with van der Waals surface area (Å²) in [7, 11) is 0. The van der Waals surface area contributed by atoms with E-state index in [-0.39, 0.29) is 30.2 Å². The summed E-state index contributed by atoms with van der Waals surface area (Å²) in [6, 6.07) is 15.3. The summed E-state index contributed by atoms with van der Waals surface area (Å²) in [6.07, 6.45) is 0. The van der Waals surface area contributed by atoms with Gasteiger partial charge in [0.15, 0.2) is 0 Å². The van der Waals surface area contributed by atoms with Crippen LogP contribution in [0.3, 0.4) is 0 Å². The van der Waals surface area contributed by atoms with Crippen molar-refractivity contribution in [1.82, 2.24) is 15.5 Å². The summed E-state index contributed by atoms with van der Waals surface area (Å²) in [4.78, 5) is 29.4. The first-order valence-corrected chi connectivity index (χ1v) is 10.3. The first-order chi connectivity index (χ1) is 14.4. The van der Waals surface area contributed by atoms with Gasteiger partial charge in [-0.1, -0.05) is 44.2 Å². The Hall–Kier alpha value is -3.09.